The smallest absolute Gasteiger partial charge is 0.433 e. The lowest BCUT2D eigenvalue weighted by Crippen LogP contribution is -2.47. The van der Waals surface area contributed by atoms with Crippen LogP contribution in [0.2, 0.25) is 5.02 Å². The highest BCUT2D eigenvalue weighted by atomic mass is 35.5. The molecule has 232 valence electrons. The number of carboxylic acids is 1. The van der Waals surface area contributed by atoms with E-state index in [-0.39, 0.29) is 24.9 Å². The van der Waals surface area contributed by atoms with Gasteiger partial charge in [0.15, 0.2) is 5.69 Å². The summed E-state index contributed by atoms with van der Waals surface area (Å²) in [5.41, 5.74) is 1.69. The topological polar surface area (TPSA) is 64.8 Å². The van der Waals surface area contributed by atoms with Crippen molar-refractivity contribution in [3.05, 3.63) is 64.9 Å². The number of nitrogens with zero attached hydrogens (tertiary/aromatic N) is 5. The number of rotatable bonds is 7. The summed E-state index contributed by atoms with van der Waals surface area (Å²) in [6.07, 6.45) is -2.96. The second kappa shape index (κ2) is 12.5. The van der Waals surface area contributed by atoms with Crippen molar-refractivity contribution in [2.45, 2.75) is 37.7 Å². The van der Waals surface area contributed by atoms with Crippen molar-refractivity contribution in [1.29, 1.82) is 0 Å². The molecule has 7 nitrogen and oxygen atoms in total. The highest BCUT2D eigenvalue weighted by Gasteiger charge is 2.42. The van der Waals surface area contributed by atoms with Gasteiger partial charge in [-0.25, -0.2) is 9.18 Å². The second-order valence-corrected chi connectivity index (χ2v) is 11.8. The van der Waals surface area contributed by atoms with Gasteiger partial charge in [-0.1, -0.05) is 29.8 Å². The summed E-state index contributed by atoms with van der Waals surface area (Å²) in [6.45, 7) is 5.24. The molecule has 3 aliphatic rings. The van der Waals surface area contributed by atoms with Crippen molar-refractivity contribution in [2.24, 2.45) is 5.92 Å². The molecule has 3 fully saturated rings. The monoisotopic (exact) mass is 641 g/mol. The maximum Gasteiger partial charge on any atom is 0.433 e. The zero-order chi connectivity index (χ0) is 29.6. The van der Waals surface area contributed by atoms with Gasteiger partial charge in [0.05, 0.1) is 12.2 Å². The molecule has 3 aromatic rings. The Balaban J connectivity index is 0.00000368. The minimum absolute atomic E-state index is 0. The maximum absolute atomic E-state index is 13.9. The first-order chi connectivity index (χ1) is 20.1. The van der Waals surface area contributed by atoms with Gasteiger partial charge in [-0.3, -0.25) is 9.58 Å². The average Bonchev–Trinajstić information content (AvgIpc) is 3.46. The molecule has 0 bridgehead atoms. The Bertz CT molecular complexity index is 1440. The normalized spacial score (nSPS) is 22.8. The predicted molar refractivity (Wildman–Crippen MR) is 160 cm³/mol. The van der Waals surface area contributed by atoms with Gasteiger partial charge >= 0.3 is 12.1 Å². The van der Waals surface area contributed by atoms with Crippen molar-refractivity contribution in [2.75, 3.05) is 55.6 Å². The Labute approximate surface area is 258 Å². The first kappa shape index (κ1) is 31.4. The van der Waals surface area contributed by atoms with E-state index in [0.29, 0.717) is 30.8 Å². The summed E-state index contributed by atoms with van der Waals surface area (Å²) in [6, 6.07) is 13.1. The number of halogens is 6. The third kappa shape index (κ3) is 6.73. The standard InChI is InChI=1S/C30H32ClF4N5O2.ClH/c31-21-5-8-24(19-3-6-22(7-4-19)38-12-10-37(11-13-38)17-20-14-26(20)32)27(15-21)39-9-1-2-23(18-39)40-28(30(33,34)35)25(16-36-40)29(41)42;/h3-8,15-16,20,23,26H,1-2,9-14,17-18H2,(H,41,42);1H. The lowest BCUT2D eigenvalue weighted by molar-refractivity contribution is -0.145. The lowest BCUT2D eigenvalue weighted by atomic mass is 9.99. The minimum Gasteiger partial charge on any atom is -0.478 e. The Hall–Kier alpha value is -3.02. The van der Waals surface area contributed by atoms with Crippen LogP contribution >= 0.6 is 24.0 Å². The number of carbonyl (C=O) groups is 1. The molecule has 13 heteroatoms. The molecule has 1 aromatic heterocycles. The van der Waals surface area contributed by atoms with E-state index in [4.69, 9.17) is 11.6 Å². The Morgan fingerprint density at radius 2 is 1.72 bits per heavy atom. The van der Waals surface area contributed by atoms with Gasteiger partial charge in [0.25, 0.3) is 0 Å². The maximum atomic E-state index is 13.9. The summed E-state index contributed by atoms with van der Waals surface area (Å²) in [5.74, 6) is -1.45. The van der Waals surface area contributed by atoms with Gasteiger partial charge in [0.1, 0.15) is 11.7 Å². The van der Waals surface area contributed by atoms with Crippen LogP contribution in [-0.2, 0) is 6.18 Å². The van der Waals surface area contributed by atoms with Crippen LogP contribution in [-0.4, -0.2) is 77.7 Å². The van der Waals surface area contributed by atoms with Crippen LogP contribution in [0.3, 0.4) is 0 Å². The average molecular weight is 643 g/mol. The SMILES string of the molecule is Cl.O=C(O)c1cnn(C2CCCN(c3cc(Cl)ccc3-c3ccc(N4CCN(CC5CC5F)CC4)cc3)C2)c1C(F)(F)F. The van der Waals surface area contributed by atoms with E-state index in [1.54, 1.807) is 6.07 Å². The number of carboxylic acid groups (broad SMARTS) is 1. The molecular weight excluding hydrogens is 609 g/mol. The second-order valence-electron chi connectivity index (χ2n) is 11.4. The van der Waals surface area contributed by atoms with Crippen molar-refractivity contribution in [3.8, 4) is 11.1 Å². The van der Waals surface area contributed by atoms with E-state index in [1.165, 1.54) is 0 Å². The number of aromatic nitrogens is 2. The van der Waals surface area contributed by atoms with E-state index in [2.05, 4.69) is 27.0 Å². The predicted octanol–water partition coefficient (Wildman–Crippen LogP) is 6.66. The number of benzene rings is 2. The fourth-order valence-corrected chi connectivity index (χ4v) is 6.40. The molecule has 0 amide bonds. The summed E-state index contributed by atoms with van der Waals surface area (Å²) < 4.78 is 55.8. The molecule has 0 spiro atoms. The fourth-order valence-electron chi connectivity index (χ4n) is 6.23. The van der Waals surface area contributed by atoms with Crippen molar-refractivity contribution in [3.63, 3.8) is 0 Å². The molecule has 2 saturated heterocycles. The van der Waals surface area contributed by atoms with Crippen LogP contribution in [0.15, 0.2) is 48.7 Å². The molecule has 3 atom stereocenters. The first-order valence-electron chi connectivity index (χ1n) is 14.2. The van der Waals surface area contributed by atoms with Crippen LogP contribution < -0.4 is 9.80 Å². The molecule has 1 N–H and O–H groups in total. The highest BCUT2D eigenvalue weighted by molar-refractivity contribution is 6.31. The molecule has 0 radical (unpaired) electrons. The number of alkyl halides is 4. The summed E-state index contributed by atoms with van der Waals surface area (Å²) in [7, 11) is 0. The molecule has 43 heavy (non-hydrogen) atoms. The third-order valence-corrected chi connectivity index (χ3v) is 8.82. The number of anilines is 2. The van der Waals surface area contributed by atoms with E-state index < -0.39 is 35.6 Å². The van der Waals surface area contributed by atoms with Crippen LogP contribution in [0.5, 0.6) is 0 Å². The van der Waals surface area contributed by atoms with Crippen LogP contribution in [0.4, 0.5) is 28.9 Å². The molecular formula is C30H33Cl2F4N5O2. The number of aromatic carboxylic acids is 1. The fraction of sp³-hybridized carbons (Fsp3) is 0.467. The molecule has 2 aromatic carbocycles. The van der Waals surface area contributed by atoms with Crippen molar-refractivity contribution in [1.82, 2.24) is 14.7 Å². The third-order valence-electron chi connectivity index (χ3n) is 8.58. The summed E-state index contributed by atoms with van der Waals surface area (Å²) in [4.78, 5) is 18.2. The van der Waals surface area contributed by atoms with Gasteiger partial charge < -0.3 is 14.9 Å². The zero-order valence-electron chi connectivity index (χ0n) is 23.3. The Morgan fingerprint density at radius 1 is 1.02 bits per heavy atom. The Morgan fingerprint density at radius 3 is 2.35 bits per heavy atom. The van der Waals surface area contributed by atoms with Crippen LogP contribution in [0, 0.1) is 5.92 Å². The largest absolute Gasteiger partial charge is 0.478 e. The van der Waals surface area contributed by atoms with Crippen molar-refractivity contribution < 1.29 is 27.5 Å². The number of hydrogen-bond acceptors (Lipinski definition) is 5. The van der Waals surface area contributed by atoms with Gasteiger partial charge in [-0.15, -0.1) is 12.4 Å². The van der Waals surface area contributed by atoms with Crippen molar-refractivity contribution >= 4 is 41.4 Å². The first-order valence-corrected chi connectivity index (χ1v) is 14.6. The number of hydrogen-bond donors (Lipinski definition) is 1. The number of piperazine rings is 1. The molecule has 1 aliphatic carbocycles. The van der Waals surface area contributed by atoms with E-state index >= 15 is 0 Å². The molecule has 3 unspecified atom stereocenters. The van der Waals surface area contributed by atoms with E-state index in [1.807, 2.05) is 29.2 Å². The zero-order valence-corrected chi connectivity index (χ0v) is 24.9. The molecule has 2 aliphatic heterocycles. The van der Waals surface area contributed by atoms with Crippen LogP contribution in [0.25, 0.3) is 11.1 Å². The quantitative estimate of drug-likeness (QED) is 0.291. The van der Waals surface area contributed by atoms with Gasteiger partial charge in [0.2, 0.25) is 0 Å². The minimum atomic E-state index is -4.85. The molecule has 1 saturated carbocycles. The lowest BCUT2D eigenvalue weighted by Gasteiger charge is -2.37. The summed E-state index contributed by atoms with van der Waals surface area (Å²) in [5, 5.41) is 13.7. The van der Waals surface area contributed by atoms with Gasteiger partial charge in [-0.2, -0.15) is 18.3 Å². The van der Waals surface area contributed by atoms with E-state index in [9.17, 15) is 27.5 Å². The highest BCUT2D eigenvalue weighted by Crippen LogP contribution is 2.40. The Kier molecular flexibility index (Phi) is 9.15. The molecule has 6 rings (SSSR count). The summed E-state index contributed by atoms with van der Waals surface area (Å²) >= 11 is 6.39. The van der Waals surface area contributed by atoms with Gasteiger partial charge in [-0.05, 0) is 49.1 Å². The van der Waals surface area contributed by atoms with Gasteiger partial charge in [0, 0.05) is 73.7 Å². The van der Waals surface area contributed by atoms with Crippen LogP contribution in [0.1, 0.15) is 41.4 Å². The number of piperidine rings is 1. The van der Waals surface area contributed by atoms with E-state index in [0.717, 1.165) is 66.1 Å². The molecule has 3 heterocycles.